The summed E-state index contributed by atoms with van der Waals surface area (Å²) in [6.45, 7) is 4.47. The Labute approximate surface area is 101 Å². The average Bonchev–Trinajstić information content (AvgIpc) is 2.74. The van der Waals surface area contributed by atoms with Crippen molar-refractivity contribution in [3.05, 3.63) is 0 Å². The highest BCUT2D eigenvalue weighted by Crippen LogP contribution is 2.19. The molecule has 1 rings (SSSR count). The topological polar surface area (TPSA) is 89.9 Å². The first-order valence-electron chi connectivity index (χ1n) is 5.92. The molecule has 6 heteroatoms. The van der Waals surface area contributed by atoms with Gasteiger partial charge in [-0.25, -0.2) is 9.59 Å². The van der Waals surface area contributed by atoms with Crippen molar-refractivity contribution in [1.82, 2.24) is 10.2 Å². The Morgan fingerprint density at radius 3 is 2.59 bits per heavy atom. The first kappa shape index (κ1) is 13.8. The maximum atomic E-state index is 11.8. The van der Waals surface area contributed by atoms with Gasteiger partial charge < -0.3 is 20.4 Å². The molecule has 1 saturated heterocycles. The van der Waals surface area contributed by atoms with E-state index in [0.717, 1.165) is 6.42 Å². The molecule has 0 saturated carbocycles. The van der Waals surface area contributed by atoms with Gasteiger partial charge in [-0.3, -0.25) is 0 Å². The third-order valence-electron chi connectivity index (χ3n) is 3.20. The van der Waals surface area contributed by atoms with E-state index in [1.807, 2.05) is 0 Å². The van der Waals surface area contributed by atoms with Crippen LogP contribution in [0.15, 0.2) is 0 Å². The summed E-state index contributed by atoms with van der Waals surface area (Å²) < 4.78 is 0. The summed E-state index contributed by atoms with van der Waals surface area (Å²) in [5.41, 5.74) is 0. The van der Waals surface area contributed by atoms with Gasteiger partial charge in [-0.05, 0) is 19.8 Å². The van der Waals surface area contributed by atoms with Gasteiger partial charge in [0.15, 0.2) is 0 Å². The quantitative estimate of drug-likeness (QED) is 0.661. The number of hydrogen-bond donors (Lipinski definition) is 3. The molecular formula is C11H20N2O4. The van der Waals surface area contributed by atoms with Crippen molar-refractivity contribution in [2.75, 3.05) is 13.1 Å². The zero-order chi connectivity index (χ0) is 13.0. The summed E-state index contributed by atoms with van der Waals surface area (Å²) in [4.78, 5) is 24.1. The van der Waals surface area contributed by atoms with Crippen molar-refractivity contribution < 1.29 is 19.8 Å². The molecule has 1 heterocycles. The number of aliphatic carboxylic acids is 1. The third-order valence-corrected chi connectivity index (χ3v) is 3.20. The summed E-state index contributed by atoms with van der Waals surface area (Å²) in [5.74, 6) is -0.933. The molecule has 98 valence electrons. The molecule has 1 fully saturated rings. The van der Waals surface area contributed by atoms with Crippen LogP contribution in [0.2, 0.25) is 0 Å². The molecule has 0 aliphatic carbocycles. The van der Waals surface area contributed by atoms with Crippen LogP contribution in [-0.4, -0.2) is 52.3 Å². The van der Waals surface area contributed by atoms with Crippen molar-refractivity contribution >= 4 is 12.0 Å². The van der Waals surface area contributed by atoms with E-state index in [1.165, 1.54) is 0 Å². The Hall–Kier alpha value is -1.30. The van der Waals surface area contributed by atoms with E-state index in [-0.39, 0.29) is 11.9 Å². The number of urea groups is 1. The Morgan fingerprint density at radius 1 is 1.53 bits per heavy atom. The largest absolute Gasteiger partial charge is 0.480 e. The number of carbonyl (C=O) groups excluding carboxylic acids is 1. The summed E-state index contributed by atoms with van der Waals surface area (Å²) in [5, 5.41) is 20.7. The van der Waals surface area contributed by atoms with E-state index in [2.05, 4.69) is 5.32 Å². The molecular weight excluding hydrogens is 224 g/mol. The predicted octanol–water partition coefficient (Wildman–Crippen LogP) is 0.262. The monoisotopic (exact) mass is 244 g/mol. The number of nitrogens with zero attached hydrogens (tertiary/aromatic N) is 1. The van der Waals surface area contributed by atoms with Crippen LogP contribution in [-0.2, 0) is 4.79 Å². The number of likely N-dealkylation sites (tertiary alicyclic amines) is 1. The molecule has 2 unspecified atom stereocenters. The van der Waals surface area contributed by atoms with E-state index in [0.29, 0.717) is 19.5 Å². The van der Waals surface area contributed by atoms with Gasteiger partial charge in [0, 0.05) is 19.0 Å². The molecule has 0 aromatic heterocycles. The minimum Gasteiger partial charge on any atom is -0.480 e. The molecule has 1 aliphatic rings. The van der Waals surface area contributed by atoms with Gasteiger partial charge in [0.05, 0.1) is 6.10 Å². The second-order valence-electron chi connectivity index (χ2n) is 4.48. The summed E-state index contributed by atoms with van der Waals surface area (Å²) in [6, 6.07) is -1.20. The second kappa shape index (κ2) is 5.86. The number of rotatable bonds is 4. The van der Waals surface area contributed by atoms with Crippen molar-refractivity contribution in [2.24, 2.45) is 5.92 Å². The maximum Gasteiger partial charge on any atom is 0.326 e. The SMILES string of the molecule is CC[C@@H](NC(=O)N1CCC(C(C)O)C1)C(=O)O. The number of carboxylic acid groups (broad SMARTS) is 1. The summed E-state index contributed by atoms with van der Waals surface area (Å²) in [6.07, 6.45) is 0.679. The van der Waals surface area contributed by atoms with Crippen molar-refractivity contribution in [3.63, 3.8) is 0 Å². The van der Waals surface area contributed by atoms with Gasteiger partial charge in [-0.1, -0.05) is 6.92 Å². The summed E-state index contributed by atoms with van der Waals surface area (Å²) in [7, 11) is 0. The van der Waals surface area contributed by atoms with Crippen LogP contribution < -0.4 is 5.32 Å². The Bertz CT molecular complexity index is 293. The second-order valence-corrected chi connectivity index (χ2v) is 4.48. The lowest BCUT2D eigenvalue weighted by Gasteiger charge is -2.20. The van der Waals surface area contributed by atoms with Gasteiger partial charge in [0.2, 0.25) is 0 Å². The fourth-order valence-corrected chi connectivity index (χ4v) is 1.94. The Balaban J connectivity index is 2.47. The normalized spacial score (nSPS) is 23.2. The van der Waals surface area contributed by atoms with E-state index < -0.39 is 18.1 Å². The minimum absolute atomic E-state index is 0.0886. The van der Waals surface area contributed by atoms with Crippen LogP contribution in [0.5, 0.6) is 0 Å². The Morgan fingerprint density at radius 2 is 2.18 bits per heavy atom. The number of carboxylic acids is 1. The van der Waals surface area contributed by atoms with Gasteiger partial charge in [-0.15, -0.1) is 0 Å². The average molecular weight is 244 g/mol. The zero-order valence-electron chi connectivity index (χ0n) is 10.2. The Kier molecular flexibility index (Phi) is 4.74. The number of carbonyl (C=O) groups is 2. The van der Waals surface area contributed by atoms with Crippen LogP contribution in [0.1, 0.15) is 26.7 Å². The lowest BCUT2D eigenvalue weighted by Crippen LogP contribution is -2.47. The molecule has 0 aromatic rings. The molecule has 17 heavy (non-hydrogen) atoms. The highest BCUT2D eigenvalue weighted by atomic mass is 16.4. The highest BCUT2D eigenvalue weighted by Gasteiger charge is 2.30. The predicted molar refractivity (Wildman–Crippen MR) is 61.6 cm³/mol. The smallest absolute Gasteiger partial charge is 0.326 e. The number of amides is 2. The van der Waals surface area contributed by atoms with Crippen LogP contribution in [0.25, 0.3) is 0 Å². The van der Waals surface area contributed by atoms with Gasteiger partial charge in [0.25, 0.3) is 0 Å². The number of aliphatic hydroxyl groups is 1. The van der Waals surface area contributed by atoms with Crippen molar-refractivity contribution in [1.29, 1.82) is 0 Å². The van der Waals surface area contributed by atoms with Crippen LogP contribution in [0.3, 0.4) is 0 Å². The molecule has 0 radical (unpaired) electrons. The lowest BCUT2D eigenvalue weighted by atomic mass is 10.0. The zero-order valence-corrected chi connectivity index (χ0v) is 10.2. The molecule has 6 nitrogen and oxygen atoms in total. The fourth-order valence-electron chi connectivity index (χ4n) is 1.94. The van der Waals surface area contributed by atoms with Gasteiger partial charge in [0.1, 0.15) is 6.04 Å². The molecule has 0 bridgehead atoms. The summed E-state index contributed by atoms with van der Waals surface area (Å²) >= 11 is 0. The lowest BCUT2D eigenvalue weighted by molar-refractivity contribution is -0.139. The molecule has 2 amide bonds. The van der Waals surface area contributed by atoms with Crippen molar-refractivity contribution in [3.8, 4) is 0 Å². The van der Waals surface area contributed by atoms with Crippen molar-refractivity contribution in [2.45, 2.75) is 38.8 Å². The number of aliphatic hydroxyl groups excluding tert-OH is 1. The van der Waals surface area contributed by atoms with E-state index in [4.69, 9.17) is 5.11 Å². The highest BCUT2D eigenvalue weighted by molar-refractivity contribution is 5.82. The first-order valence-corrected chi connectivity index (χ1v) is 5.92. The fraction of sp³-hybridized carbons (Fsp3) is 0.818. The maximum absolute atomic E-state index is 11.8. The van der Waals surface area contributed by atoms with Crippen LogP contribution in [0.4, 0.5) is 4.79 Å². The molecule has 0 spiro atoms. The van der Waals surface area contributed by atoms with E-state index >= 15 is 0 Å². The van der Waals surface area contributed by atoms with E-state index in [9.17, 15) is 14.7 Å². The molecule has 0 aromatic carbocycles. The van der Waals surface area contributed by atoms with Crippen LogP contribution in [0, 0.1) is 5.92 Å². The number of nitrogens with one attached hydrogen (secondary N) is 1. The van der Waals surface area contributed by atoms with Gasteiger partial charge >= 0.3 is 12.0 Å². The first-order chi connectivity index (χ1) is 7.95. The molecule has 1 aliphatic heterocycles. The van der Waals surface area contributed by atoms with Crippen LogP contribution >= 0.6 is 0 Å². The molecule has 3 N–H and O–H groups in total. The minimum atomic E-state index is -1.02. The van der Waals surface area contributed by atoms with E-state index in [1.54, 1.807) is 18.7 Å². The van der Waals surface area contributed by atoms with Gasteiger partial charge in [-0.2, -0.15) is 0 Å². The number of hydrogen-bond acceptors (Lipinski definition) is 3. The molecule has 3 atom stereocenters. The third kappa shape index (κ3) is 3.59. The standard InChI is InChI=1S/C11H20N2O4/c1-3-9(10(15)16)12-11(17)13-5-4-8(6-13)7(2)14/h7-9,14H,3-6H2,1-2H3,(H,12,17)(H,15,16)/t7?,8?,9-/m1/s1.